The molecule has 8 nitrogen and oxygen atoms in total. The molecule has 1 aromatic heterocycles. The lowest BCUT2D eigenvalue weighted by Crippen LogP contribution is -2.47. The Morgan fingerprint density at radius 3 is 2.48 bits per heavy atom. The van der Waals surface area contributed by atoms with E-state index in [2.05, 4.69) is 4.98 Å². The van der Waals surface area contributed by atoms with E-state index >= 15 is 0 Å². The van der Waals surface area contributed by atoms with E-state index in [1.165, 1.54) is 4.90 Å². The van der Waals surface area contributed by atoms with Gasteiger partial charge in [-0.15, -0.1) is 0 Å². The molecular formula is C32H38N4O4. The van der Waals surface area contributed by atoms with E-state index in [1.54, 1.807) is 32.0 Å². The summed E-state index contributed by atoms with van der Waals surface area (Å²) < 4.78 is 6.08. The van der Waals surface area contributed by atoms with Gasteiger partial charge in [-0.25, -0.2) is 0 Å². The minimum atomic E-state index is -1.16. The number of hydrogen-bond donors (Lipinski definition) is 0. The third-order valence-electron chi connectivity index (χ3n) is 7.43. The van der Waals surface area contributed by atoms with Gasteiger partial charge in [0.05, 0.1) is 18.0 Å². The zero-order valence-corrected chi connectivity index (χ0v) is 24.0. The molecule has 1 aliphatic heterocycles. The van der Waals surface area contributed by atoms with Crippen LogP contribution in [-0.4, -0.2) is 60.9 Å². The van der Waals surface area contributed by atoms with Crippen molar-refractivity contribution < 1.29 is 19.1 Å². The van der Waals surface area contributed by atoms with Crippen LogP contribution in [0.15, 0.2) is 67.0 Å². The van der Waals surface area contributed by atoms with Crippen LogP contribution in [0.1, 0.15) is 48.7 Å². The van der Waals surface area contributed by atoms with Gasteiger partial charge in [-0.3, -0.25) is 19.4 Å². The number of aromatic nitrogens is 1. The molecule has 2 aromatic carbocycles. The molecule has 0 saturated heterocycles. The molecule has 0 atom stereocenters. The SMILES string of the molecule is CCN1C(=O)C(C)(C)C(=O)N(C)c2cc(OCCCN(CCc3cccnc3)C(=O)c3ccccc3C)ccc21. The third kappa shape index (κ3) is 6.01. The first kappa shape index (κ1) is 28.8. The largest absolute Gasteiger partial charge is 0.493 e. The van der Waals surface area contributed by atoms with Gasteiger partial charge in [0.25, 0.3) is 5.91 Å². The Morgan fingerprint density at radius 1 is 1.00 bits per heavy atom. The minimum absolute atomic E-state index is 0.000836. The maximum Gasteiger partial charge on any atom is 0.254 e. The summed E-state index contributed by atoms with van der Waals surface area (Å²) in [5.74, 6) is 0.127. The van der Waals surface area contributed by atoms with E-state index in [0.717, 1.165) is 11.1 Å². The second kappa shape index (κ2) is 12.3. The van der Waals surface area contributed by atoms with E-state index in [0.29, 0.717) is 61.8 Å². The minimum Gasteiger partial charge on any atom is -0.493 e. The Bertz CT molecular complexity index is 1370. The highest BCUT2D eigenvalue weighted by atomic mass is 16.5. The van der Waals surface area contributed by atoms with Gasteiger partial charge in [-0.1, -0.05) is 24.3 Å². The summed E-state index contributed by atoms with van der Waals surface area (Å²) in [6.07, 6.45) is 4.91. The van der Waals surface area contributed by atoms with Gasteiger partial charge in [-0.2, -0.15) is 0 Å². The first-order valence-electron chi connectivity index (χ1n) is 13.8. The molecule has 0 bridgehead atoms. The van der Waals surface area contributed by atoms with Gasteiger partial charge in [0.15, 0.2) is 0 Å². The Labute approximate surface area is 236 Å². The van der Waals surface area contributed by atoms with Crippen LogP contribution >= 0.6 is 0 Å². The zero-order valence-electron chi connectivity index (χ0n) is 24.0. The van der Waals surface area contributed by atoms with Crippen molar-refractivity contribution in [2.24, 2.45) is 5.41 Å². The van der Waals surface area contributed by atoms with Crippen LogP contribution in [0.5, 0.6) is 5.75 Å². The quantitative estimate of drug-likeness (QED) is 0.269. The molecule has 0 N–H and O–H groups in total. The predicted octanol–water partition coefficient (Wildman–Crippen LogP) is 4.90. The molecule has 0 fully saturated rings. The summed E-state index contributed by atoms with van der Waals surface area (Å²) in [6, 6.07) is 17.0. The van der Waals surface area contributed by atoms with Crippen molar-refractivity contribution >= 4 is 29.1 Å². The second-order valence-electron chi connectivity index (χ2n) is 10.6. The van der Waals surface area contributed by atoms with Gasteiger partial charge in [0.1, 0.15) is 11.2 Å². The molecular weight excluding hydrogens is 504 g/mol. The normalized spacial score (nSPS) is 14.5. The van der Waals surface area contributed by atoms with Crippen molar-refractivity contribution in [1.29, 1.82) is 0 Å². The van der Waals surface area contributed by atoms with Crippen LogP contribution in [0, 0.1) is 12.3 Å². The number of pyridine rings is 1. The third-order valence-corrected chi connectivity index (χ3v) is 7.43. The molecule has 3 amide bonds. The second-order valence-corrected chi connectivity index (χ2v) is 10.6. The fourth-order valence-corrected chi connectivity index (χ4v) is 5.02. The van der Waals surface area contributed by atoms with Crippen LogP contribution in [0.4, 0.5) is 11.4 Å². The number of carbonyl (C=O) groups is 3. The molecule has 1 aliphatic rings. The van der Waals surface area contributed by atoms with Gasteiger partial charge in [0, 0.05) is 50.7 Å². The molecule has 8 heteroatoms. The zero-order chi connectivity index (χ0) is 28.9. The number of ether oxygens (including phenoxy) is 1. The van der Waals surface area contributed by atoms with E-state index in [9.17, 15) is 14.4 Å². The molecule has 3 aromatic rings. The molecule has 0 saturated carbocycles. The highest BCUT2D eigenvalue weighted by molar-refractivity contribution is 6.20. The first-order valence-corrected chi connectivity index (χ1v) is 13.8. The number of nitrogens with zero attached hydrogens (tertiary/aromatic N) is 4. The Morgan fingerprint density at radius 2 is 1.77 bits per heavy atom. The van der Waals surface area contributed by atoms with E-state index in [4.69, 9.17) is 4.74 Å². The lowest BCUT2D eigenvalue weighted by Gasteiger charge is -2.27. The standard InChI is InChI=1S/C32H38N4O4/c1-6-36-27-15-14-25(21-28(27)34(5)30(38)32(3,4)31(36)39)40-20-10-18-35(19-16-24-12-9-17-33-22-24)29(37)26-13-8-7-11-23(26)2/h7-9,11-15,17,21-22H,6,10,16,18-20H2,1-5H3. The number of rotatable bonds is 10. The Kier molecular flexibility index (Phi) is 8.87. The van der Waals surface area contributed by atoms with Crippen molar-refractivity contribution in [2.75, 3.05) is 43.1 Å². The number of hydrogen-bond acceptors (Lipinski definition) is 5. The molecule has 0 aliphatic carbocycles. The van der Waals surface area contributed by atoms with Crippen molar-refractivity contribution in [3.05, 3.63) is 83.7 Å². The lowest BCUT2D eigenvalue weighted by molar-refractivity contribution is -0.137. The summed E-state index contributed by atoms with van der Waals surface area (Å²) in [5, 5.41) is 0. The van der Waals surface area contributed by atoms with E-state index in [-0.39, 0.29) is 17.7 Å². The van der Waals surface area contributed by atoms with Crippen LogP contribution in [0.2, 0.25) is 0 Å². The number of aryl methyl sites for hydroxylation is 1. The summed E-state index contributed by atoms with van der Waals surface area (Å²) in [7, 11) is 1.69. The van der Waals surface area contributed by atoms with Crippen molar-refractivity contribution in [1.82, 2.24) is 9.88 Å². The number of carbonyl (C=O) groups excluding carboxylic acids is 3. The highest BCUT2D eigenvalue weighted by Gasteiger charge is 2.45. The van der Waals surface area contributed by atoms with Crippen LogP contribution in [0.3, 0.4) is 0 Å². The number of benzene rings is 2. The topological polar surface area (TPSA) is 83.1 Å². The maximum atomic E-state index is 13.4. The van der Waals surface area contributed by atoms with Gasteiger partial charge in [0.2, 0.25) is 11.8 Å². The van der Waals surface area contributed by atoms with Crippen molar-refractivity contribution in [3.63, 3.8) is 0 Å². The fraction of sp³-hybridized carbons (Fsp3) is 0.375. The summed E-state index contributed by atoms with van der Waals surface area (Å²) in [4.78, 5) is 48.9. The first-order chi connectivity index (χ1) is 19.1. The number of fused-ring (bicyclic) bond motifs is 1. The van der Waals surface area contributed by atoms with Crippen LogP contribution in [0.25, 0.3) is 0 Å². The van der Waals surface area contributed by atoms with Crippen LogP contribution in [-0.2, 0) is 16.0 Å². The highest BCUT2D eigenvalue weighted by Crippen LogP contribution is 2.40. The van der Waals surface area contributed by atoms with Gasteiger partial charge in [-0.05, 0) is 75.9 Å². The smallest absolute Gasteiger partial charge is 0.254 e. The summed E-state index contributed by atoms with van der Waals surface area (Å²) in [6.45, 7) is 9.13. The molecule has 0 unspecified atom stereocenters. The predicted molar refractivity (Wildman–Crippen MR) is 157 cm³/mol. The molecule has 210 valence electrons. The Hall–Kier alpha value is -4.20. The van der Waals surface area contributed by atoms with Crippen LogP contribution < -0.4 is 14.5 Å². The van der Waals surface area contributed by atoms with E-state index < -0.39 is 5.41 Å². The van der Waals surface area contributed by atoms with E-state index in [1.807, 2.05) is 79.5 Å². The average Bonchev–Trinajstić information content (AvgIpc) is 3.01. The molecule has 0 radical (unpaired) electrons. The Balaban J connectivity index is 1.45. The lowest BCUT2D eigenvalue weighted by atomic mass is 9.90. The number of anilines is 2. The van der Waals surface area contributed by atoms with Crippen molar-refractivity contribution in [3.8, 4) is 5.75 Å². The fourth-order valence-electron chi connectivity index (χ4n) is 5.02. The summed E-state index contributed by atoms with van der Waals surface area (Å²) in [5.41, 5.74) is 2.89. The van der Waals surface area contributed by atoms with Gasteiger partial charge < -0.3 is 19.4 Å². The number of amides is 3. The molecule has 0 spiro atoms. The van der Waals surface area contributed by atoms with Crippen molar-refractivity contribution in [2.45, 2.75) is 40.5 Å². The molecule has 40 heavy (non-hydrogen) atoms. The molecule has 2 heterocycles. The summed E-state index contributed by atoms with van der Waals surface area (Å²) >= 11 is 0. The molecule has 4 rings (SSSR count). The van der Waals surface area contributed by atoms with Gasteiger partial charge >= 0.3 is 0 Å². The monoisotopic (exact) mass is 542 g/mol. The maximum absolute atomic E-state index is 13.4. The average molecular weight is 543 g/mol.